The summed E-state index contributed by atoms with van der Waals surface area (Å²) in [5, 5.41) is 0. The van der Waals surface area contributed by atoms with Crippen molar-refractivity contribution in [3.63, 3.8) is 0 Å². The lowest BCUT2D eigenvalue weighted by atomic mass is 9.82. The number of nitrogens with two attached hydrogens (primary N) is 2. The Balaban J connectivity index is 1.53. The lowest BCUT2D eigenvalue weighted by Crippen LogP contribution is -2.18. The van der Waals surface area contributed by atoms with Crippen LogP contribution in [-0.2, 0) is 12.8 Å². The van der Waals surface area contributed by atoms with Crippen LogP contribution in [0.1, 0.15) is 60.0 Å². The van der Waals surface area contributed by atoms with E-state index in [0.717, 1.165) is 25.7 Å². The van der Waals surface area contributed by atoms with Gasteiger partial charge in [-0.15, -0.1) is 0 Å². The van der Waals surface area contributed by atoms with E-state index in [1.807, 2.05) is 0 Å². The van der Waals surface area contributed by atoms with Crippen molar-refractivity contribution in [3.8, 4) is 22.3 Å². The zero-order valence-electron chi connectivity index (χ0n) is 16.3. The third-order valence-electron chi connectivity index (χ3n) is 6.61. The summed E-state index contributed by atoms with van der Waals surface area (Å²) < 4.78 is 0. The summed E-state index contributed by atoms with van der Waals surface area (Å²) in [7, 11) is 0. The number of hydrogen-bond acceptors (Lipinski definition) is 2. The number of benzene rings is 3. The molecule has 2 atom stereocenters. The van der Waals surface area contributed by atoms with Gasteiger partial charge in [-0.1, -0.05) is 60.7 Å². The summed E-state index contributed by atoms with van der Waals surface area (Å²) in [6, 6.07) is 22.7. The summed E-state index contributed by atoms with van der Waals surface area (Å²) in [6.45, 7) is 0. The maximum atomic E-state index is 6.36. The van der Waals surface area contributed by atoms with Gasteiger partial charge in [-0.2, -0.15) is 0 Å². The molecule has 0 aromatic heterocycles. The molecular formula is C26H28N2. The van der Waals surface area contributed by atoms with Gasteiger partial charge in [0.05, 0.1) is 0 Å². The van der Waals surface area contributed by atoms with Gasteiger partial charge in [-0.05, 0) is 83.0 Å². The minimum absolute atomic E-state index is 0.183. The maximum Gasteiger partial charge on any atom is 0.0297 e. The lowest BCUT2D eigenvalue weighted by Gasteiger charge is -2.25. The van der Waals surface area contributed by atoms with Crippen LogP contribution in [0.5, 0.6) is 0 Å². The van der Waals surface area contributed by atoms with E-state index >= 15 is 0 Å². The van der Waals surface area contributed by atoms with Crippen LogP contribution >= 0.6 is 0 Å². The molecule has 4 N–H and O–H groups in total. The van der Waals surface area contributed by atoms with Crippen LogP contribution in [0.25, 0.3) is 22.3 Å². The van der Waals surface area contributed by atoms with E-state index in [2.05, 4.69) is 60.7 Å². The highest BCUT2D eigenvalue weighted by Crippen LogP contribution is 2.38. The number of hydrogen-bond donors (Lipinski definition) is 2. The Morgan fingerprint density at radius 3 is 1.43 bits per heavy atom. The van der Waals surface area contributed by atoms with Crippen LogP contribution in [0.3, 0.4) is 0 Å². The van der Waals surface area contributed by atoms with Crippen molar-refractivity contribution in [1.29, 1.82) is 0 Å². The highest BCUT2D eigenvalue weighted by molar-refractivity contribution is 5.75. The Morgan fingerprint density at radius 2 is 1.00 bits per heavy atom. The summed E-state index contributed by atoms with van der Waals surface area (Å²) >= 11 is 0. The molecule has 2 aliphatic rings. The Hall–Kier alpha value is -2.42. The molecule has 0 bridgehead atoms. The topological polar surface area (TPSA) is 52.0 Å². The van der Waals surface area contributed by atoms with E-state index < -0.39 is 0 Å². The highest BCUT2D eigenvalue weighted by atomic mass is 14.6. The van der Waals surface area contributed by atoms with Crippen LogP contribution < -0.4 is 11.5 Å². The quantitative estimate of drug-likeness (QED) is 0.610. The molecule has 0 radical (unpaired) electrons. The smallest absolute Gasteiger partial charge is 0.0297 e. The van der Waals surface area contributed by atoms with Crippen molar-refractivity contribution in [2.75, 3.05) is 0 Å². The second-order valence-electron chi connectivity index (χ2n) is 8.32. The van der Waals surface area contributed by atoms with Crippen LogP contribution in [-0.4, -0.2) is 0 Å². The molecule has 2 aliphatic carbocycles. The van der Waals surface area contributed by atoms with Crippen molar-refractivity contribution < 1.29 is 0 Å². The van der Waals surface area contributed by atoms with Crippen LogP contribution in [0, 0.1) is 0 Å². The second kappa shape index (κ2) is 7.20. The van der Waals surface area contributed by atoms with Gasteiger partial charge in [-0.3, -0.25) is 0 Å². The third kappa shape index (κ3) is 2.97. The SMILES string of the molecule is N[C@@H]1CCCc2c(-c3ccc(-c4cccc5c4CCC[C@H]5N)cc3)cccc21. The predicted octanol–water partition coefficient (Wildman–Crippen LogP) is 5.69. The summed E-state index contributed by atoms with van der Waals surface area (Å²) in [4.78, 5) is 0. The Kier molecular flexibility index (Phi) is 4.54. The monoisotopic (exact) mass is 368 g/mol. The Bertz CT molecular complexity index is 921. The summed E-state index contributed by atoms with van der Waals surface area (Å²) in [5.41, 5.74) is 23.5. The van der Waals surface area contributed by atoms with E-state index in [1.54, 1.807) is 0 Å². The van der Waals surface area contributed by atoms with Gasteiger partial charge in [0.1, 0.15) is 0 Å². The van der Waals surface area contributed by atoms with Gasteiger partial charge in [0.25, 0.3) is 0 Å². The van der Waals surface area contributed by atoms with Crippen molar-refractivity contribution >= 4 is 0 Å². The first-order chi connectivity index (χ1) is 13.7. The molecule has 0 amide bonds. The van der Waals surface area contributed by atoms with Crippen LogP contribution in [0.4, 0.5) is 0 Å². The van der Waals surface area contributed by atoms with Crippen molar-refractivity contribution in [1.82, 2.24) is 0 Å². The van der Waals surface area contributed by atoms with Gasteiger partial charge >= 0.3 is 0 Å². The molecule has 142 valence electrons. The van der Waals surface area contributed by atoms with Crippen LogP contribution in [0.2, 0.25) is 0 Å². The van der Waals surface area contributed by atoms with Crippen molar-refractivity contribution in [2.24, 2.45) is 11.5 Å². The fraction of sp³-hybridized carbons (Fsp3) is 0.308. The second-order valence-corrected chi connectivity index (χ2v) is 8.32. The minimum Gasteiger partial charge on any atom is -0.324 e. The van der Waals surface area contributed by atoms with Crippen molar-refractivity contribution in [3.05, 3.63) is 82.9 Å². The molecule has 0 fully saturated rings. The van der Waals surface area contributed by atoms with Gasteiger partial charge in [0.15, 0.2) is 0 Å². The Labute approximate surface area is 167 Å². The number of rotatable bonds is 2. The number of fused-ring (bicyclic) bond motifs is 2. The molecule has 0 spiro atoms. The predicted molar refractivity (Wildman–Crippen MR) is 117 cm³/mol. The molecule has 5 rings (SSSR count). The molecular weight excluding hydrogens is 340 g/mol. The van der Waals surface area contributed by atoms with Gasteiger partial charge < -0.3 is 11.5 Å². The molecule has 2 heteroatoms. The van der Waals surface area contributed by atoms with Gasteiger partial charge in [-0.25, -0.2) is 0 Å². The maximum absolute atomic E-state index is 6.36. The molecule has 2 nitrogen and oxygen atoms in total. The van der Waals surface area contributed by atoms with E-state index in [9.17, 15) is 0 Å². The molecule has 3 aromatic carbocycles. The van der Waals surface area contributed by atoms with Crippen molar-refractivity contribution in [2.45, 2.75) is 50.6 Å². The molecule has 0 unspecified atom stereocenters. The summed E-state index contributed by atoms with van der Waals surface area (Å²) in [5.74, 6) is 0. The van der Waals surface area contributed by atoms with E-state index in [0.29, 0.717) is 0 Å². The molecule has 0 heterocycles. The molecule has 0 saturated heterocycles. The van der Waals surface area contributed by atoms with Gasteiger partial charge in [0.2, 0.25) is 0 Å². The standard InChI is InChI=1S/C26H28N2/c27-25-11-3-7-21-19(5-1-9-23(21)25)17-13-15-18(16-14-17)20-6-2-10-24-22(20)8-4-12-26(24)28/h1-2,5-6,9-10,13-16,25-26H,3-4,7-8,11-12,27-28H2/t25-,26-/m1/s1. The average Bonchev–Trinajstić information content (AvgIpc) is 2.74. The molecule has 28 heavy (non-hydrogen) atoms. The van der Waals surface area contributed by atoms with Crippen LogP contribution in [0.15, 0.2) is 60.7 Å². The molecule has 0 saturated carbocycles. The summed E-state index contributed by atoms with van der Waals surface area (Å²) in [6.07, 6.45) is 6.81. The normalized spacial score (nSPS) is 21.1. The Morgan fingerprint density at radius 1 is 0.571 bits per heavy atom. The molecule has 0 aliphatic heterocycles. The largest absolute Gasteiger partial charge is 0.324 e. The first kappa shape index (κ1) is 17.7. The average molecular weight is 369 g/mol. The highest BCUT2D eigenvalue weighted by Gasteiger charge is 2.21. The third-order valence-corrected chi connectivity index (χ3v) is 6.61. The fourth-order valence-corrected chi connectivity index (χ4v) is 5.14. The first-order valence-electron chi connectivity index (χ1n) is 10.6. The first-order valence-corrected chi connectivity index (χ1v) is 10.6. The van der Waals surface area contributed by atoms with E-state index in [-0.39, 0.29) is 12.1 Å². The zero-order chi connectivity index (χ0) is 19.1. The van der Waals surface area contributed by atoms with E-state index in [4.69, 9.17) is 11.5 Å². The van der Waals surface area contributed by atoms with Gasteiger partial charge in [0, 0.05) is 12.1 Å². The lowest BCUT2D eigenvalue weighted by molar-refractivity contribution is 0.571. The molecule has 3 aromatic rings. The van der Waals surface area contributed by atoms with E-state index in [1.165, 1.54) is 57.3 Å². The minimum atomic E-state index is 0.183. The fourth-order valence-electron chi connectivity index (χ4n) is 5.14. The zero-order valence-corrected chi connectivity index (χ0v) is 16.3.